The van der Waals surface area contributed by atoms with Gasteiger partial charge in [0.25, 0.3) is 11.5 Å². The molecule has 3 amide bonds. The minimum atomic E-state index is -0.527. The second-order valence-corrected chi connectivity index (χ2v) is 8.11. The monoisotopic (exact) mass is 405 g/mol. The van der Waals surface area contributed by atoms with Crippen LogP contribution in [-0.4, -0.2) is 34.4 Å². The lowest BCUT2D eigenvalue weighted by atomic mass is 9.79. The minimum absolute atomic E-state index is 0.0413. The Bertz CT molecular complexity index is 1250. The summed E-state index contributed by atoms with van der Waals surface area (Å²) in [6.07, 6.45) is 0.419. The molecule has 2 N–H and O–H groups in total. The summed E-state index contributed by atoms with van der Waals surface area (Å²) in [6, 6.07) is 13.0. The zero-order chi connectivity index (χ0) is 21.0. The number of halogens is 1. The quantitative estimate of drug-likeness (QED) is 0.642. The number of amides is 3. The summed E-state index contributed by atoms with van der Waals surface area (Å²) in [5.41, 5.74) is 1.70. The van der Waals surface area contributed by atoms with Crippen molar-refractivity contribution in [1.82, 2.24) is 15.2 Å². The summed E-state index contributed by atoms with van der Waals surface area (Å²) in [7, 11) is 0. The van der Waals surface area contributed by atoms with E-state index in [4.69, 9.17) is 0 Å². The molecule has 3 unspecified atom stereocenters. The number of hydrogen-bond acceptors (Lipinski definition) is 3. The van der Waals surface area contributed by atoms with Gasteiger partial charge in [0.05, 0.1) is 0 Å². The zero-order valence-corrected chi connectivity index (χ0v) is 16.3. The van der Waals surface area contributed by atoms with Gasteiger partial charge in [-0.25, -0.2) is 9.18 Å². The first-order chi connectivity index (χ1) is 14.4. The molecule has 0 radical (unpaired) electrons. The number of H-pyrrole nitrogens is 1. The number of aromatic nitrogens is 1. The van der Waals surface area contributed by atoms with Crippen molar-refractivity contribution in [2.75, 3.05) is 6.54 Å². The summed E-state index contributed by atoms with van der Waals surface area (Å²) in [5, 5.41) is 3.64. The van der Waals surface area contributed by atoms with Crippen molar-refractivity contribution < 1.29 is 14.0 Å². The molecule has 1 aromatic heterocycles. The number of hydrogen-bond donors (Lipinski definition) is 2. The number of fused-ring (bicyclic) bond motifs is 2. The fourth-order valence-electron chi connectivity index (χ4n) is 4.68. The van der Waals surface area contributed by atoms with Gasteiger partial charge in [-0.3, -0.25) is 14.9 Å². The van der Waals surface area contributed by atoms with Crippen molar-refractivity contribution in [2.24, 2.45) is 5.92 Å². The van der Waals surface area contributed by atoms with E-state index in [0.29, 0.717) is 29.6 Å². The highest BCUT2D eigenvalue weighted by Gasteiger charge is 2.45. The molecule has 0 aliphatic carbocycles. The van der Waals surface area contributed by atoms with E-state index >= 15 is 0 Å². The van der Waals surface area contributed by atoms with Gasteiger partial charge in [0.1, 0.15) is 11.9 Å². The van der Waals surface area contributed by atoms with Crippen LogP contribution in [0.1, 0.15) is 24.8 Å². The Morgan fingerprint density at radius 3 is 2.70 bits per heavy atom. The number of piperidine rings is 1. The van der Waals surface area contributed by atoms with Crippen LogP contribution in [0.25, 0.3) is 22.0 Å². The number of nitrogens with zero attached hydrogens (tertiary/aromatic N) is 1. The van der Waals surface area contributed by atoms with Crippen molar-refractivity contribution in [3.05, 3.63) is 70.3 Å². The molecule has 0 saturated carbocycles. The van der Waals surface area contributed by atoms with Crippen LogP contribution in [0.2, 0.25) is 0 Å². The predicted octanol–water partition coefficient (Wildman–Crippen LogP) is 3.38. The molecule has 3 atom stereocenters. The van der Waals surface area contributed by atoms with Crippen molar-refractivity contribution >= 4 is 22.7 Å². The molecule has 6 nitrogen and oxygen atoms in total. The Morgan fingerprint density at radius 1 is 1.07 bits per heavy atom. The second-order valence-electron chi connectivity index (χ2n) is 8.11. The van der Waals surface area contributed by atoms with Gasteiger partial charge in [-0.15, -0.1) is 0 Å². The molecule has 2 aliphatic rings. The van der Waals surface area contributed by atoms with Crippen molar-refractivity contribution in [3.63, 3.8) is 0 Å². The number of rotatable bonds is 2. The highest BCUT2D eigenvalue weighted by atomic mass is 19.1. The molecule has 3 aromatic rings. The van der Waals surface area contributed by atoms with Crippen LogP contribution < -0.4 is 10.9 Å². The average Bonchev–Trinajstić information content (AvgIpc) is 3.00. The Kier molecular flexibility index (Phi) is 4.20. The maximum absolute atomic E-state index is 14.1. The molecular formula is C23H20FN3O3. The van der Waals surface area contributed by atoms with E-state index in [1.807, 2.05) is 31.2 Å². The standard InChI is InChI=1S/C23H20FN3O3/c1-12-11-27-20(22(29)26-23(27)30)10-16(12)15-7-8-19(25-21(15)28)14-6-5-13-3-2-4-18(24)17(13)9-14/h2-9,12,16,20H,10-11H2,1H3,(H,25,28)(H,26,29,30). The third-order valence-electron chi connectivity index (χ3n) is 6.30. The number of carbonyl (C=O) groups excluding carboxylic acids is 2. The van der Waals surface area contributed by atoms with E-state index in [2.05, 4.69) is 10.3 Å². The first kappa shape index (κ1) is 18.5. The van der Waals surface area contributed by atoms with Crippen LogP contribution >= 0.6 is 0 Å². The van der Waals surface area contributed by atoms with Crippen LogP contribution in [0.3, 0.4) is 0 Å². The maximum Gasteiger partial charge on any atom is 0.324 e. The van der Waals surface area contributed by atoms with Crippen LogP contribution in [0.5, 0.6) is 0 Å². The molecule has 3 heterocycles. The molecule has 5 rings (SSSR count). The summed E-state index contributed by atoms with van der Waals surface area (Å²) >= 11 is 0. The maximum atomic E-state index is 14.1. The lowest BCUT2D eigenvalue weighted by Gasteiger charge is -2.37. The molecule has 7 heteroatoms. The van der Waals surface area contributed by atoms with Crippen molar-refractivity contribution in [1.29, 1.82) is 0 Å². The Hall–Kier alpha value is -3.48. The zero-order valence-electron chi connectivity index (χ0n) is 16.3. The first-order valence-corrected chi connectivity index (χ1v) is 9.95. The van der Waals surface area contributed by atoms with Gasteiger partial charge in [0.15, 0.2) is 0 Å². The van der Waals surface area contributed by atoms with E-state index in [1.165, 1.54) is 6.07 Å². The number of pyridine rings is 1. The van der Waals surface area contributed by atoms with Gasteiger partial charge in [0, 0.05) is 23.2 Å². The summed E-state index contributed by atoms with van der Waals surface area (Å²) in [5.74, 6) is -0.698. The number of carbonyl (C=O) groups is 2. The van der Waals surface area contributed by atoms with Gasteiger partial charge in [-0.05, 0) is 47.4 Å². The van der Waals surface area contributed by atoms with Gasteiger partial charge >= 0.3 is 6.03 Å². The van der Waals surface area contributed by atoms with E-state index in [0.717, 1.165) is 10.9 Å². The normalized spacial score (nSPS) is 23.5. The van der Waals surface area contributed by atoms with E-state index in [9.17, 15) is 18.8 Å². The first-order valence-electron chi connectivity index (χ1n) is 9.95. The molecule has 0 bridgehead atoms. The lowest BCUT2D eigenvalue weighted by molar-refractivity contribution is -0.122. The highest BCUT2D eigenvalue weighted by molar-refractivity contribution is 6.04. The number of nitrogens with one attached hydrogen (secondary N) is 2. The Morgan fingerprint density at radius 2 is 1.90 bits per heavy atom. The largest absolute Gasteiger partial charge is 0.324 e. The Balaban J connectivity index is 1.48. The average molecular weight is 405 g/mol. The van der Waals surface area contributed by atoms with Gasteiger partial charge in [0.2, 0.25) is 0 Å². The van der Waals surface area contributed by atoms with Crippen molar-refractivity contribution in [2.45, 2.75) is 25.3 Å². The topological polar surface area (TPSA) is 82.3 Å². The smallest absolute Gasteiger partial charge is 0.322 e. The fraction of sp³-hybridized carbons (Fsp3) is 0.261. The number of urea groups is 1. The van der Waals surface area contributed by atoms with Crippen LogP contribution in [0.15, 0.2) is 53.3 Å². The predicted molar refractivity (Wildman–Crippen MR) is 111 cm³/mol. The van der Waals surface area contributed by atoms with Gasteiger partial charge in [-0.1, -0.05) is 37.3 Å². The van der Waals surface area contributed by atoms with Crippen LogP contribution in [-0.2, 0) is 4.79 Å². The third kappa shape index (κ3) is 2.89. The number of benzene rings is 2. The summed E-state index contributed by atoms with van der Waals surface area (Å²) in [4.78, 5) is 41.3. The third-order valence-corrected chi connectivity index (χ3v) is 6.30. The second kappa shape index (κ2) is 6.79. The number of aromatic amines is 1. The van der Waals surface area contributed by atoms with Crippen LogP contribution in [0, 0.1) is 11.7 Å². The SMILES string of the molecule is CC1CN2C(=O)NC(=O)C2CC1c1ccc(-c2ccc3cccc(F)c3c2)[nH]c1=O. The molecule has 2 aromatic carbocycles. The van der Waals surface area contributed by atoms with E-state index in [-0.39, 0.29) is 35.2 Å². The molecule has 152 valence electrons. The van der Waals surface area contributed by atoms with Gasteiger partial charge in [-0.2, -0.15) is 0 Å². The molecule has 2 aliphatic heterocycles. The van der Waals surface area contributed by atoms with E-state index in [1.54, 1.807) is 23.1 Å². The Labute approximate surface area is 171 Å². The highest BCUT2D eigenvalue weighted by Crippen LogP contribution is 2.36. The van der Waals surface area contributed by atoms with Crippen LogP contribution in [0.4, 0.5) is 9.18 Å². The van der Waals surface area contributed by atoms with E-state index < -0.39 is 6.04 Å². The summed E-state index contributed by atoms with van der Waals surface area (Å²) in [6.45, 7) is 2.41. The minimum Gasteiger partial charge on any atom is -0.322 e. The molecule has 2 fully saturated rings. The number of imide groups is 1. The molecular weight excluding hydrogens is 385 g/mol. The van der Waals surface area contributed by atoms with Gasteiger partial charge < -0.3 is 9.88 Å². The van der Waals surface area contributed by atoms with Crippen molar-refractivity contribution in [3.8, 4) is 11.3 Å². The molecule has 0 spiro atoms. The molecule has 2 saturated heterocycles. The summed E-state index contributed by atoms with van der Waals surface area (Å²) < 4.78 is 14.1. The lowest BCUT2D eigenvalue weighted by Crippen LogP contribution is -2.46. The fourth-order valence-corrected chi connectivity index (χ4v) is 4.68. The molecule has 30 heavy (non-hydrogen) atoms.